The maximum atomic E-state index is 12.3. The monoisotopic (exact) mass is 298 g/mol. The van der Waals surface area contributed by atoms with Gasteiger partial charge in [-0.1, -0.05) is 29.8 Å². The number of carbonyl (C=O) groups excluding carboxylic acids is 1. The quantitative estimate of drug-likeness (QED) is 0.782. The van der Waals surface area contributed by atoms with Gasteiger partial charge in [0, 0.05) is 10.8 Å². The molecule has 2 fully saturated rings. The third-order valence-electron chi connectivity index (χ3n) is 3.20. The molecule has 3 rings (SSSR count). The van der Waals surface area contributed by atoms with Crippen LogP contribution in [-0.2, 0) is 11.3 Å². The second-order valence-corrected chi connectivity index (χ2v) is 6.06. The van der Waals surface area contributed by atoms with Crippen molar-refractivity contribution >= 4 is 46.6 Å². The van der Waals surface area contributed by atoms with Crippen LogP contribution in [0.15, 0.2) is 24.3 Å². The Bertz CT molecular complexity index is 501. The molecule has 0 N–H and O–H groups in total. The van der Waals surface area contributed by atoms with Crippen LogP contribution in [-0.4, -0.2) is 38.5 Å². The minimum Gasteiger partial charge on any atom is -0.327 e. The fraction of sp³-hybridized carbons (Fsp3) is 0.333. The molecule has 0 bridgehead atoms. The summed E-state index contributed by atoms with van der Waals surface area (Å²) in [5.41, 5.74) is 0.934. The lowest BCUT2D eigenvalue weighted by Gasteiger charge is -2.18. The van der Waals surface area contributed by atoms with Crippen LogP contribution in [0.3, 0.4) is 0 Å². The van der Waals surface area contributed by atoms with Gasteiger partial charge in [-0.2, -0.15) is 0 Å². The first kappa shape index (κ1) is 12.3. The molecule has 0 aliphatic carbocycles. The smallest absolute Gasteiger partial charge is 0.252 e. The predicted octanol–water partition coefficient (Wildman–Crippen LogP) is 2.34. The van der Waals surface area contributed by atoms with Gasteiger partial charge in [0.05, 0.1) is 12.4 Å². The molecule has 2 aliphatic heterocycles. The number of carbonyl (C=O) groups is 1. The van der Waals surface area contributed by atoms with E-state index in [-0.39, 0.29) is 11.9 Å². The van der Waals surface area contributed by atoms with Crippen molar-refractivity contribution in [3.8, 4) is 0 Å². The molecule has 2 saturated heterocycles. The van der Waals surface area contributed by atoms with E-state index in [0.29, 0.717) is 16.7 Å². The van der Waals surface area contributed by atoms with E-state index in [1.165, 1.54) is 0 Å². The Hall–Kier alpha value is -0.780. The fourth-order valence-electron chi connectivity index (χ4n) is 2.21. The molecular weight excluding hydrogens is 288 g/mol. The summed E-state index contributed by atoms with van der Waals surface area (Å²) in [5.74, 6) is 1.75. The van der Waals surface area contributed by atoms with E-state index in [1.807, 2.05) is 29.2 Å². The average molecular weight is 299 g/mol. The number of benzene rings is 1. The summed E-state index contributed by atoms with van der Waals surface area (Å²) in [6, 6.07) is 7.49. The lowest BCUT2D eigenvalue weighted by molar-refractivity contribution is -0.127. The van der Waals surface area contributed by atoms with Gasteiger partial charge >= 0.3 is 0 Å². The highest BCUT2D eigenvalue weighted by Crippen LogP contribution is 2.31. The topological polar surface area (TPSA) is 23.6 Å². The van der Waals surface area contributed by atoms with Crippen molar-refractivity contribution in [3.63, 3.8) is 0 Å². The largest absolute Gasteiger partial charge is 0.327 e. The Morgan fingerprint density at radius 1 is 1.44 bits per heavy atom. The SMILES string of the molecule is O=C1[C@@H]2CSCN2C(=S)N1Cc1ccccc1Cl. The molecule has 3 nitrogen and oxygen atoms in total. The molecule has 94 valence electrons. The molecule has 1 atom stereocenters. The Labute approximate surface area is 120 Å². The summed E-state index contributed by atoms with van der Waals surface area (Å²) in [5, 5.41) is 1.31. The minimum absolute atomic E-state index is 0.0648. The standard InChI is InChI=1S/C12H11ClN2OS2/c13-9-4-2-1-3-8(9)5-14-11(16)10-6-18-7-15(10)12(14)17/h1-4,10H,5-7H2/t10-/m0/s1. The van der Waals surface area contributed by atoms with Crippen LogP contribution in [0.1, 0.15) is 5.56 Å². The highest BCUT2D eigenvalue weighted by atomic mass is 35.5. The van der Waals surface area contributed by atoms with Crippen LogP contribution >= 0.6 is 35.6 Å². The number of rotatable bonds is 2. The van der Waals surface area contributed by atoms with E-state index in [1.54, 1.807) is 16.7 Å². The van der Waals surface area contributed by atoms with Crippen LogP contribution in [0.2, 0.25) is 5.02 Å². The number of hydrogen-bond acceptors (Lipinski definition) is 3. The minimum atomic E-state index is -0.0648. The van der Waals surface area contributed by atoms with Crippen LogP contribution in [0.4, 0.5) is 0 Å². The molecule has 2 aliphatic rings. The fourth-order valence-corrected chi connectivity index (χ4v) is 3.98. The molecule has 1 amide bonds. The number of halogens is 1. The van der Waals surface area contributed by atoms with Crippen LogP contribution in [0.5, 0.6) is 0 Å². The lowest BCUT2D eigenvalue weighted by Crippen LogP contribution is -2.32. The van der Waals surface area contributed by atoms with Gasteiger partial charge in [0.25, 0.3) is 5.91 Å². The van der Waals surface area contributed by atoms with Crippen LogP contribution < -0.4 is 0 Å². The van der Waals surface area contributed by atoms with Crippen LogP contribution in [0, 0.1) is 0 Å². The van der Waals surface area contributed by atoms with Crippen molar-refractivity contribution in [1.82, 2.24) is 9.80 Å². The van der Waals surface area contributed by atoms with E-state index in [9.17, 15) is 4.79 Å². The van der Waals surface area contributed by atoms with Gasteiger partial charge in [-0.05, 0) is 23.8 Å². The maximum absolute atomic E-state index is 12.3. The van der Waals surface area contributed by atoms with E-state index in [0.717, 1.165) is 17.2 Å². The van der Waals surface area contributed by atoms with Crippen molar-refractivity contribution in [2.75, 3.05) is 11.6 Å². The lowest BCUT2D eigenvalue weighted by atomic mass is 10.2. The van der Waals surface area contributed by atoms with E-state index in [4.69, 9.17) is 23.8 Å². The number of nitrogens with zero attached hydrogens (tertiary/aromatic N) is 2. The summed E-state index contributed by atoms with van der Waals surface area (Å²) in [4.78, 5) is 15.9. The van der Waals surface area contributed by atoms with E-state index >= 15 is 0 Å². The van der Waals surface area contributed by atoms with Gasteiger partial charge < -0.3 is 4.90 Å². The van der Waals surface area contributed by atoms with Gasteiger partial charge in [0.15, 0.2) is 5.11 Å². The predicted molar refractivity (Wildman–Crippen MR) is 77.6 cm³/mol. The molecule has 2 heterocycles. The molecule has 1 aromatic rings. The molecule has 0 radical (unpaired) electrons. The van der Waals surface area contributed by atoms with Gasteiger partial charge in [-0.3, -0.25) is 9.69 Å². The first-order valence-corrected chi connectivity index (χ1v) is 7.55. The third-order valence-corrected chi connectivity index (χ3v) is 5.03. The first-order chi connectivity index (χ1) is 8.68. The summed E-state index contributed by atoms with van der Waals surface area (Å²) in [7, 11) is 0. The number of thiocarbonyl (C=S) groups is 1. The van der Waals surface area contributed by atoms with Gasteiger partial charge in [0.2, 0.25) is 0 Å². The second kappa shape index (κ2) is 4.72. The second-order valence-electron chi connectivity index (χ2n) is 4.28. The van der Waals surface area contributed by atoms with Crippen LogP contribution in [0.25, 0.3) is 0 Å². The molecule has 18 heavy (non-hydrogen) atoms. The van der Waals surface area contributed by atoms with Crippen molar-refractivity contribution in [2.24, 2.45) is 0 Å². The third kappa shape index (κ3) is 1.90. The van der Waals surface area contributed by atoms with Gasteiger partial charge in [0.1, 0.15) is 6.04 Å². The Morgan fingerprint density at radius 3 is 2.94 bits per heavy atom. The molecular formula is C12H11ClN2OS2. The zero-order valence-corrected chi connectivity index (χ0v) is 11.9. The summed E-state index contributed by atoms with van der Waals surface area (Å²) < 4.78 is 0. The Morgan fingerprint density at radius 2 is 2.22 bits per heavy atom. The number of thioether (sulfide) groups is 1. The summed E-state index contributed by atoms with van der Waals surface area (Å²) in [6.45, 7) is 0.467. The highest BCUT2D eigenvalue weighted by molar-refractivity contribution is 7.99. The molecule has 6 heteroatoms. The first-order valence-electron chi connectivity index (χ1n) is 5.61. The highest BCUT2D eigenvalue weighted by Gasteiger charge is 2.45. The molecule has 0 aromatic heterocycles. The van der Waals surface area contributed by atoms with Crippen molar-refractivity contribution in [2.45, 2.75) is 12.6 Å². The molecule has 0 spiro atoms. The number of amides is 1. The number of hydrogen-bond donors (Lipinski definition) is 0. The summed E-state index contributed by atoms with van der Waals surface area (Å²) in [6.07, 6.45) is 0. The zero-order valence-electron chi connectivity index (χ0n) is 9.51. The molecule has 0 saturated carbocycles. The Balaban J connectivity index is 1.84. The average Bonchev–Trinajstić information content (AvgIpc) is 2.92. The van der Waals surface area contributed by atoms with Crippen molar-refractivity contribution in [3.05, 3.63) is 34.9 Å². The zero-order chi connectivity index (χ0) is 12.7. The maximum Gasteiger partial charge on any atom is 0.252 e. The van der Waals surface area contributed by atoms with Gasteiger partial charge in [-0.25, -0.2) is 0 Å². The van der Waals surface area contributed by atoms with E-state index < -0.39 is 0 Å². The Kier molecular flexibility index (Phi) is 3.21. The van der Waals surface area contributed by atoms with Crippen molar-refractivity contribution in [1.29, 1.82) is 0 Å². The summed E-state index contributed by atoms with van der Waals surface area (Å²) >= 11 is 13.2. The van der Waals surface area contributed by atoms with E-state index in [2.05, 4.69) is 0 Å². The molecule has 1 aromatic carbocycles. The number of fused-ring (bicyclic) bond motifs is 1. The van der Waals surface area contributed by atoms with Gasteiger partial charge in [-0.15, -0.1) is 11.8 Å². The molecule has 0 unspecified atom stereocenters. The van der Waals surface area contributed by atoms with Crippen molar-refractivity contribution < 1.29 is 4.79 Å². The normalized spacial score (nSPS) is 22.8.